The molecule has 126 valence electrons. The van der Waals surface area contributed by atoms with Gasteiger partial charge in [0, 0.05) is 30.2 Å². The van der Waals surface area contributed by atoms with Crippen molar-refractivity contribution in [2.24, 2.45) is 5.92 Å². The van der Waals surface area contributed by atoms with Crippen LogP contribution in [0.2, 0.25) is 5.02 Å². The van der Waals surface area contributed by atoms with E-state index in [1.807, 2.05) is 0 Å². The number of halogens is 1. The van der Waals surface area contributed by atoms with E-state index in [4.69, 9.17) is 11.6 Å². The fraction of sp³-hybridized carbons (Fsp3) is 0.529. The Bertz CT molecular complexity index is 545. The van der Waals surface area contributed by atoms with Crippen molar-refractivity contribution in [2.45, 2.75) is 32.3 Å². The van der Waals surface area contributed by atoms with Crippen molar-refractivity contribution in [1.82, 2.24) is 10.2 Å². The molecular weight excluding hydrogens is 316 g/mol. The number of hydrogen-bond donors (Lipinski definition) is 2. The summed E-state index contributed by atoms with van der Waals surface area (Å²) in [6, 6.07) is 6.80. The average molecular weight is 339 g/mol. The molecule has 2 unspecified atom stereocenters. The van der Waals surface area contributed by atoms with E-state index in [2.05, 4.69) is 5.32 Å². The minimum absolute atomic E-state index is 0.0424. The summed E-state index contributed by atoms with van der Waals surface area (Å²) in [7, 11) is 0. The zero-order valence-electron chi connectivity index (χ0n) is 13.3. The molecule has 1 aliphatic rings. The summed E-state index contributed by atoms with van der Waals surface area (Å²) in [5, 5.41) is 12.7. The van der Waals surface area contributed by atoms with E-state index < -0.39 is 6.10 Å². The number of aliphatic hydroxyl groups is 1. The van der Waals surface area contributed by atoms with Crippen molar-refractivity contribution in [2.75, 3.05) is 19.6 Å². The highest BCUT2D eigenvalue weighted by atomic mass is 35.5. The van der Waals surface area contributed by atoms with Crippen LogP contribution in [0.3, 0.4) is 0 Å². The van der Waals surface area contributed by atoms with Crippen LogP contribution in [0.5, 0.6) is 0 Å². The number of likely N-dealkylation sites (tertiary alicyclic amines) is 1. The van der Waals surface area contributed by atoms with Crippen molar-refractivity contribution >= 4 is 23.4 Å². The van der Waals surface area contributed by atoms with Gasteiger partial charge in [-0.15, -0.1) is 0 Å². The van der Waals surface area contributed by atoms with Gasteiger partial charge in [-0.25, -0.2) is 0 Å². The van der Waals surface area contributed by atoms with Gasteiger partial charge in [0.05, 0.1) is 12.0 Å². The smallest absolute Gasteiger partial charge is 0.253 e. The average Bonchev–Trinajstić information content (AvgIpc) is 2.54. The van der Waals surface area contributed by atoms with E-state index in [-0.39, 0.29) is 17.7 Å². The molecule has 1 fully saturated rings. The van der Waals surface area contributed by atoms with E-state index in [0.717, 1.165) is 12.8 Å². The van der Waals surface area contributed by atoms with E-state index >= 15 is 0 Å². The zero-order valence-corrected chi connectivity index (χ0v) is 14.1. The molecule has 0 aromatic heterocycles. The molecular formula is C17H23ClN2O3. The maximum absolute atomic E-state index is 12.5. The van der Waals surface area contributed by atoms with Gasteiger partial charge >= 0.3 is 0 Å². The molecule has 0 saturated carbocycles. The molecule has 6 heteroatoms. The highest BCUT2D eigenvalue weighted by Gasteiger charge is 2.28. The Hall–Kier alpha value is -1.59. The van der Waals surface area contributed by atoms with Gasteiger partial charge in [-0.3, -0.25) is 9.59 Å². The van der Waals surface area contributed by atoms with Gasteiger partial charge in [-0.2, -0.15) is 0 Å². The van der Waals surface area contributed by atoms with Crippen molar-refractivity contribution in [3.8, 4) is 0 Å². The van der Waals surface area contributed by atoms with Crippen molar-refractivity contribution in [3.63, 3.8) is 0 Å². The Labute approximate surface area is 141 Å². The molecule has 5 nitrogen and oxygen atoms in total. The second-order valence-corrected chi connectivity index (χ2v) is 6.46. The first-order valence-electron chi connectivity index (χ1n) is 7.98. The Kier molecular flexibility index (Phi) is 6.42. The number of hydrogen-bond acceptors (Lipinski definition) is 3. The number of aliphatic hydroxyl groups excluding tert-OH is 1. The van der Waals surface area contributed by atoms with Crippen LogP contribution in [0, 0.1) is 5.92 Å². The number of piperidine rings is 1. The second kappa shape index (κ2) is 8.31. The highest BCUT2D eigenvalue weighted by molar-refractivity contribution is 6.30. The monoisotopic (exact) mass is 338 g/mol. The van der Waals surface area contributed by atoms with Gasteiger partial charge in [0.2, 0.25) is 5.91 Å². The van der Waals surface area contributed by atoms with Crippen LogP contribution in [-0.2, 0) is 4.79 Å². The van der Waals surface area contributed by atoms with Gasteiger partial charge in [-0.1, -0.05) is 11.6 Å². The summed E-state index contributed by atoms with van der Waals surface area (Å²) in [6.45, 7) is 3.25. The molecule has 0 spiro atoms. The standard InChI is InChI=1S/C17H23ClN2O3/c1-12(21)8-9-19-16(22)14-3-2-10-20(11-14)17(23)13-4-6-15(18)7-5-13/h4-7,12,14,21H,2-3,8-11H2,1H3,(H,19,22). The number of carbonyl (C=O) groups is 2. The lowest BCUT2D eigenvalue weighted by molar-refractivity contribution is -0.126. The van der Waals surface area contributed by atoms with Crippen LogP contribution < -0.4 is 5.32 Å². The number of amides is 2. The molecule has 2 N–H and O–H groups in total. The lowest BCUT2D eigenvalue weighted by Gasteiger charge is -2.32. The maximum Gasteiger partial charge on any atom is 0.253 e. The SMILES string of the molecule is CC(O)CCNC(=O)C1CCCN(C(=O)c2ccc(Cl)cc2)C1. The van der Waals surface area contributed by atoms with Gasteiger partial charge in [-0.05, 0) is 50.5 Å². The molecule has 2 atom stereocenters. The number of carbonyl (C=O) groups excluding carboxylic acids is 2. The van der Waals surface area contributed by atoms with Crippen molar-refractivity contribution < 1.29 is 14.7 Å². The predicted molar refractivity (Wildman–Crippen MR) is 89.4 cm³/mol. The molecule has 1 saturated heterocycles. The normalized spacial score (nSPS) is 19.3. The lowest BCUT2D eigenvalue weighted by Crippen LogP contribution is -2.45. The van der Waals surface area contributed by atoms with Crippen LogP contribution >= 0.6 is 11.6 Å². The summed E-state index contributed by atoms with van der Waals surface area (Å²) in [4.78, 5) is 26.4. The van der Waals surface area contributed by atoms with Crippen LogP contribution in [0.4, 0.5) is 0 Å². The third kappa shape index (κ3) is 5.22. The first-order valence-corrected chi connectivity index (χ1v) is 8.36. The van der Waals surface area contributed by atoms with Gasteiger partial charge in [0.1, 0.15) is 0 Å². The van der Waals surface area contributed by atoms with Crippen LogP contribution in [0.1, 0.15) is 36.5 Å². The lowest BCUT2D eigenvalue weighted by atomic mass is 9.96. The predicted octanol–water partition coefficient (Wildman–Crippen LogP) is 2.08. The summed E-state index contributed by atoms with van der Waals surface area (Å²) < 4.78 is 0. The molecule has 0 radical (unpaired) electrons. The molecule has 1 aromatic rings. The van der Waals surface area contributed by atoms with Crippen LogP contribution in [0.15, 0.2) is 24.3 Å². The number of nitrogens with zero attached hydrogens (tertiary/aromatic N) is 1. The van der Waals surface area contributed by atoms with Gasteiger partial charge in [0.15, 0.2) is 0 Å². The zero-order chi connectivity index (χ0) is 16.8. The third-order valence-corrected chi connectivity index (χ3v) is 4.28. The van der Waals surface area contributed by atoms with Crippen molar-refractivity contribution in [1.29, 1.82) is 0 Å². The van der Waals surface area contributed by atoms with Crippen LogP contribution in [0.25, 0.3) is 0 Å². The Morgan fingerprint density at radius 3 is 2.74 bits per heavy atom. The molecule has 1 aliphatic heterocycles. The Balaban J connectivity index is 1.91. The first-order chi connectivity index (χ1) is 11.0. The summed E-state index contributed by atoms with van der Waals surface area (Å²) in [5.41, 5.74) is 0.588. The molecule has 1 aromatic carbocycles. The molecule has 2 rings (SSSR count). The number of nitrogens with one attached hydrogen (secondary N) is 1. The first kappa shape index (κ1) is 17.8. The highest BCUT2D eigenvalue weighted by Crippen LogP contribution is 2.19. The molecule has 2 amide bonds. The number of rotatable bonds is 5. The quantitative estimate of drug-likeness (QED) is 0.863. The summed E-state index contributed by atoms with van der Waals surface area (Å²) in [5.74, 6) is -0.295. The van der Waals surface area contributed by atoms with Gasteiger partial charge < -0.3 is 15.3 Å². The molecule has 0 bridgehead atoms. The Morgan fingerprint density at radius 1 is 1.39 bits per heavy atom. The molecule has 23 heavy (non-hydrogen) atoms. The minimum atomic E-state index is -0.426. The van der Waals surface area contributed by atoms with E-state index in [1.165, 1.54) is 0 Å². The minimum Gasteiger partial charge on any atom is -0.393 e. The van der Waals surface area contributed by atoms with Gasteiger partial charge in [0.25, 0.3) is 5.91 Å². The van der Waals surface area contributed by atoms with E-state index in [0.29, 0.717) is 36.6 Å². The topological polar surface area (TPSA) is 69.6 Å². The third-order valence-electron chi connectivity index (χ3n) is 4.03. The summed E-state index contributed by atoms with van der Waals surface area (Å²) in [6.07, 6.45) is 1.70. The second-order valence-electron chi connectivity index (χ2n) is 6.03. The summed E-state index contributed by atoms with van der Waals surface area (Å²) >= 11 is 5.84. The molecule has 0 aliphatic carbocycles. The van der Waals surface area contributed by atoms with Crippen LogP contribution in [-0.4, -0.2) is 47.6 Å². The fourth-order valence-corrected chi connectivity index (χ4v) is 2.83. The maximum atomic E-state index is 12.5. The largest absolute Gasteiger partial charge is 0.393 e. The van der Waals surface area contributed by atoms with E-state index in [9.17, 15) is 14.7 Å². The van der Waals surface area contributed by atoms with Crippen molar-refractivity contribution in [3.05, 3.63) is 34.9 Å². The van der Waals surface area contributed by atoms with E-state index in [1.54, 1.807) is 36.1 Å². The Morgan fingerprint density at radius 2 is 2.09 bits per heavy atom. The fourth-order valence-electron chi connectivity index (χ4n) is 2.70. The molecule has 1 heterocycles. The number of benzene rings is 1.